The molecule has 86 valence electrons. The van der Waals surface area contributed by atoms with Gasteiger partial charge in [-0.3, -0.25) is 4.79 Å². The molecule has 1 saturated heterocycles. The molecule has 1 N–H and O–H groups in total. The molecule has 3 nitrogen and oxygen atoms in total. The number of likely N-dealkylation sites (tertiary alicyclic amines) is 1. The highest BCUT2D eigenvalue weighted by Crippen LogP contribution is 2.21. The summed E-state index contributed by atoms with van der Waals surface area (Å²) >= 11 is 0. The number of carbonyl (C=O) groups is 1. The maximum absolute atomic E-state index is 11.5. The van der Waals surface area contributed by atoms with Crippen LogP contribution in [0.1, 0.15) is 38.5 Å². The van der Waals surface area contributed by atoms with Crippen LogP contribution in [-0.2, 0) is 4.79 Å². The molecule has 1 amide bonds. The molecule has 2 fully saturated rings. The first kappa shape index (κ1) is 10.9. The molecule has 2 rings (SSSR count). The van der Waals surface area contributed by atoms with Crippen LogP contribution in [0.2, 0.25) is 0 Å². The van der Waals surface area contributed by atoms with Gasteiger partial charge in [0.15, 0.2) is 0 Å². The lowest BCUT2D eigenvalue weighted by Crippen LogP contribution is -2.33. The van der Waals surface area contributed by atoms with Crippen LogP contribution < -0.4 is 5.32 Å². The molecule has 1 atom stereocenters. The second-order valence-corrected chi connectivity index (χ2v) is 5.15. The highest BCUT2D eigenvalue weighted by atomic mass is 16.1. The highest BCUT2D eigenvalue weighted by Gasteiger charge is 2.24. The third kappa shape index (κ3) is 3.82. The van der Waals surface area contributed by atoms with E-state index >= 15 is 0 Å². The lowest BCUT2D eigenvalue weighted by atomic mass is 9.93. The van der Waals surface area contributed by atoms with E-state index in [0.717, 1.165) is 18.8 Å². The number of rotatable bonds is 4. The Kier molecular flexibility index (Phi) is 3.62. The smallest absolute Gasteiger partial charge is 0.220 e. The molecule has 1 saturated carbocycles. The molecule has 2 aliphatic rings. The quantitative estimate of drug-likeness (QED) is 0.760. The number of hydrogen-bond donors (Lipinski definition) is 1. The average molecular weight is 210 g/mol. The maximum Gasteiger partial charge on any atom is 0.220 e. The third-order valence-corrected chi connectivity index (χ3v) is 3.44. The van der Waals surface area contributed by atoms with Crippen molar-refractivity contribution < 1.29 is 4.79 Å². The fraction of sp³-hybridized carbons (Fsp3) is 0.917. The fourth-order valence-corrected chi connectivity index (χ4v) is 2.37. The zero-order valence-corrected chi connectivity index (χ0v) is 9.67. The Morgan fingerprint density at radius 3 is 2.87 bits per heavy atom. The molecule has 1 unspecified atom stereocenters. The Labute approximate surface area is 92.2 Å². The van der Waals surface area contributed by atoms with E-state index in [9.17, 15) is 4.79 Å². The van der Waals surface area contributed by atoms with Crippen LogP contribution in [0.15, 0.2) is 0 Å². The molecule has 3 heteroatoms. The average Bonchev–Trinajstić information content (AvgIpc) is 2.99. The number of piperidine rings is 1. The Morgan fingerprint density at radius 1 is 1.40 bits per heavy atom. The van der Waals surface area contributed by atoms with Crippen molar-refractivity contribution in [1.29, 1.82) is 0 Å². The van der Waals surface area contributed by atoms with Gasteiger partial charge in [-0.1, -0.05) is 0 Å². The number of nitrogens with one attached hydrogen (secondary N) is 1. The number of hydrogen-bond acceptors (Lipinski definition) is 2. The van der Waals surface area contributed by atoms with E-state index in [1.165, 1.54) is 38.8 Å². The SMILES string of the molecule is CN1CCCC(CCC(=O)NC2CC2)C1. The fourth-order valence-electron chi connectivity index (χ4n) is 2.37. The third-order valence-electron chi connectivity index (χ3n) is 3.44. The largest absolute Gasteiger partial charge is 0.353 e. The zero-order valence-electron chi connectivity index (χ0n) is 9.67. The Morgan fingerprint density at radius 2 is 2.20 bits per heavy atom. The monoisotopic (exact) mass is 210 g/mol. The van der Waals surface area contributed by atoms with Gasteiger partial charge < -0.3 is 10.2 Å². The molecule has 1 heterocycles. The predicted molar refractivity (Wildman–Crippen MR) is 60.6 cm³/mol. The Bertz CT molecular complexity index is 226. The van der Waals surface area contributed by atoms with Crippen molar-refractivity contribution in [1.82, 2.24) is 10.2 Å². The second kappa shape index (κ2) is 4.97. The lowest BCUT2D eigenvalue weighted by Gasteiger charge is -2.29. The van der Waals surface area contributed by atoms with Gasteiger partial charge in [-0.05, 0) is 51.6 Å². The van der Waals surface area contributed by atoms with Gasteiger partial charge in [-0.25, -0.2) is 0 Å². The molecule has 0 bridgehead atoms. The van der Waals surface area contributed by atoms with Crippen LogP contribution in [0, 0.1) is 5.92 Å². The van der Waals surface area contributed by atoms with E-state index in [0.29, 0.717) is 6.04 Å². The first-order valence-corrected chi connectivity index (χ1v) is 6.22. The predicted octanol–water partition coefficient (Wildman–Crippen LogP) is 1.39. The van der Waals surface area contributed by atoms with E-state index in [2.05, 4.69) is 17.3 Å². The Hall–Kier alpha value is -0.570. The summed E-state index contributed by atoms with van der Waals surface area (Å²) in [5.41, 5.74) is 0. The van der Waals surface area contributed by atoms with E-state index in [1.54, 1.807) is 0 Å². The van der Waals surface area contributed by atoms with E-state index in [-0.39, 0.29) is 5.91 Å². The summed E-state index contributed by atoms with van der Waals surface area (Å²) in [6.45, 7) is 2.40. The van der Waals surface area contributed by atoms with Gasteiger partial charge in [0.25, 0.3) is 0 Å². The summed E-state index contributed by atoms with van der Waals surface area (Å²) in [5, 5.41) is 3.05. The van der Waals surface area contributed by atoms with Gasteiger partial charge in [-0.2, -0.15) is 0 Å². The van der Waals surface area contributed by atoms with Gasteiger partial charge in [0.1, 0.15) is 0 Å². The van der Waals surface area contributed by atoms with Gasteiger partial charge in [0, 0.05) is 19.0 Å². The van der Waals surface area contributed by atoms with Gasteiger partial charge in [0.05, 0.1) is 0 Å². The molecule has 0 radical (unpaired) electrons. The second-order valence-electron chi connectivity index (χ2n) is 5.15. The van der Waals surface area contributed by atoms with Crippen molar-refractivity contribution in [3.05, 3.63) is 0 Å². The van der Waals surface area contributed by atoms with Gasteiger partial charge in [0.2, 0.25) is 5.91 Å². The summed E-state index contributed by atoms with van der Waals surface area (Å²) in [7, 11) is 2.18. The van der Waals surface area contributed by atoms with Crippen molar-refractivity contribution in [3.63, 3.8) is 0 Å². The standard InChI is InChI=1S/C12H22N2O/c1-14-8-2-3-10(9-14)4-7-12(15)13-11-5-6-11/h10-11H,2-9H2,1H3,(H,13,15). The van der Waals surface area contributed by atoms with Crippen LogP contribution in [0.5, 0.6) is 0 Å². The summed E-state index contributed by atoms with van der Waals surface area (Å²) in [6, 6.07) is 0.520. The molecule has 1 aliphatic carbocycles. The molecule has 0 aromatic rings. The van der Waals surface area contributed by atoms with Crippen molar-refractivity contribution in [2.24, 2.45) is 5.92 Å². The van der Waals surface area contributed by atoms with Crippen LogP contribution in [0.25, 0.3) is 0 Å². The Balaban J connectivity index is 1.61. The highest BCUT2D eigenvalue weighted by molar-refractivity contribution is 5.76. The van der Waals surface area contributed by atoms with Crippen molar-refractivity contribution in [2.75, 3.05) is 20.1 Å². The molecule has 0 aromatic heterocycles. The first-order valence-electron chi connectivity index (χ1n) is 6.22. The zero-order chi connectivity index (χ0) is 10.7. The van der Waals surface area contributed by atoms with E-state index in [4.69, 9.17) is 0 Å². The summed E-state index contributed by atoms with van der Waals surface area (Å²) in [5.74, 6) is 1.01. The van der Waals surface area contributed by atoms with Crippen LogP contribution in [-0.4, -0.2) is 37.0 Å². The minimum absolute atomic E-state index is 0.269. The van der Waals surface area contributed by atoms with Gasteiger partial charge >= 0.3 is 0 Å². The summed E-state index contributed by atoms with van der Waals surface area (Å²) in [4.78, 5) is 13.9. The van der Waals surface area contributed by atoms with Crippen molar-refractivity contribution >= 4 is 5.91 Å². The van der Waals surface area contributed by atoms with Crippen molar-refractivity contribution in [2.45, 2.75) is 44.6 Å². The topological polar surface area (TPSA) is 32.3 Å². The van der Waals surface area contributed by atoms with E-state index in [1.807, 2.05) is 0 Å². The molecule has 15 heavy (non-hydrogen) atoms. The minimum Gasteiger partial charge on any atom is -0.353 e. The lowest BCUT2D eigenvalue weighted by molar-refractivity contribution is -0.121. The first-order chi connectivity index (χ1) is 7.24. The number of carbonyl (C=O) groups excluding carboxylic acids is 1. The minimum atomic E-state index is 0.269. The van der Waals surface area contributed by atoms with Crippen molar-refractivity contribution in [3.8, 4) is 0 Å². The molecule has 0 aromatic carbocycles. The molecule has 1 aliphatic heterocycles. The van der Waals surface area contributed by atoms with Crippen LogP contribution >= 0.6 is 0 Å². The molecule has 0 spiro atoms. The molecular weight excluding hydrogens is 188 g/mol. The van der Waals surface area contributed by atoms with Crippen LogP contribution in [0.4, 0.5) is 0 Å². The number of amides is 1. The summed E-state index contributed by atoms with van der Waals surface area (Å²) in [6.07, 6.45) is 6.79. The van der Waals surface area contributed by atoms with Gasteiger partial charge in [-0.15, -0.1) is 0 Å². The number of nitrogens with zero attached hydrogens (tertiary/aromatic N) is 1. The normalized spacial score (nSPS) is 27.7. The maximum atomic E-state index is 11.5. The van der Waals surface area contributed by atoms with E-state index < -0.39 is 0 Å². The molecular formula is C12H22N2O. The van der Waals surface area contributed by atoms with Crippen LogP contribution in [0.3, 0.4) is 0 Å². The summed E-state index contributed by atoms with van der Waals surface area (Å²) < 4.78 is 0.